The Labute approximate surface area is 206 Å². The summed E-state index contributed by atoms with van der Waals surface area (Å²) in [5.41, 5.74) is 4.51. The lowest BCUT2D eigenvalue weighted by atomic mass is 9.90. The minimum Gasteiger partial charge on any atom is -0.277 e. The van der Waals surface area contributed by atoms with E-state index in [0.717, 1.165) is 5.56 Å². The van der Waals surface area contributed by atoms with E-state index in [1.165, 1.54) is 48.5 Å². The molecule has 0 amide bonds. The van der Waals surface area contributed by atoms with Crippen LogP contribution in [0, 0.1) is 5.82 Å². The number of hydrazone groups is 1. The molecule has 0 bridgehead atoms. The molecule has 0 saturated carbocycles. The molecule has 4 rings (SSSR count). The first kappa shape index (κ1) is 24.2. The number of sulfonamides is 1. The van der Waals surface area contributed by atoms with E-state index in [2.05, 4.69) is 15.0 Å². The third kappa shape index (κ3) is 5.39. The van der Waals surface area contributed by atoms with Crippen LogP contribution in [0.1, 0.15) is 17.0 Å². The first-order valence-electron chi connectivity index (χ1n) is 10.0. The topological polar surface area (TPSA) is 83.4 Å². The van der Waals surface area contributed by atoms with Gasteiger partial charge in [0.1, 0.15) is 5.82 Å². The maximum atomic E-state index is 14.0. The Hall–Kier alpha value is -2.98. The molecule has 34 heavy (non-hydrogen) atoms. The second-order valence-electron chi connectivity index (χ2n) is 7.33. The molecule has 0 aromatic heterocycles. The number of nitrogens with one attached hydrogen (secondary N) is 1. The van der Waals surface area contributed by atoms with Crippen LogP contribution in [0.5, 0.6) is 0 Å². The molecule has 1 N–H and O–H groups in total. The fourth-order valence-electron chi connectivity index (χ4n) is 3.48. The van der Waals surface area contributed by atoms with Crippen molar-refractivity contribution in [3.05, 3.63) is 99.8 Å². The normalized spacial score (nSPS) is 16.5. The van der Waals surface area contributed by atoms with Crippen molar-refractivity contribution < 1.29 is 17.6 Å². The van der Waals surface area contributed by atoms with Gasteiger partial charge in [-0.3, -0.25) is 4.84 Å². The van der Waals surface area contributed by atoms with E-state index in [1.807, 2.05) is 0 Å². The van der Waals surface area contributed by atoms with Gasteiger partial charge in [0.25, 0.3) is 16.0 Å². The lowest BCUT2D eigenvalue weighted by Gasteiger charge is -2.18. The van der Waals surface area contributed by atoms with E-state index < -0.39 is 10.0 Å². The van der Waals surface area contributed by atoms with E-state index in [9.17, 15) is 12.8 Å². The molecule has 1 atom stereocenters. The van der Waals surface area contributed by atoms with Crippen molar-refractivity contribution in [1.82, 2.24) is 10.5 Å². The van der Waals surface area contributed by atoms with Gasteiger partial charge in [-0.1, -0.05) is 47.5 Å². The summed E-state index contributed by atoms with van der Waals surface area (Å²) in [6.45, 7) is 0.187. The highest BCUT2D eigenvalue weighted by Gasteiger charge is 2.33. The van der Waals surface area contributed by atoms with Gasteiger partial charge in [-0.05, 0) is 59.7 Å². The van der Waals surface area contributed by atoms with Crippen LogP contribution < -0.4 is 5.48 Å². The number of guanidine groups is 1. The van der Waals surface area contributed by atoms with Gasteiger partial charge in [0.05, 0.1) is 24.3 Å². The van der Waals surface area contributed by atoms with Crippen LogP contribution in [0.15, 0.2) is 87.2 Å². The molecule has 1 unspecified atom stereocenters. The van der Waals surface area contributed by atoms with Gasteiger partial charge >= 0.3 is 0 Å². The number of hydrogen-bond donors (Lipinski definition) is 1. The monoisotopic (exact) mass is 520 g/mol. The van der Waals surface area contributed by atoms with Gasteiger partial charge < -0.3 is 0 Å². The molecular formula is C23H19Cl2FN4O3S. The van der Waals surface area contributed by atoms with Crippen LogP contribution in [0.4, 0.5) is 4.39 Å². The maximum absolute atomic E-state index is 14.0. The zero-order valence-electron chi connectivity index (χ0n) is 17.8. The summed E-state index contributed by atoms with van der Waals surface area (Å²) >= 11 is 11.9. The van der Waals surface area contributed by atoms with E-state index in [4.69, 9.17) is 28.0 Å². The summed E-state index contributed by atoms with van der Waals surface area (Å²) in [7, 11) is -2.79. The SMILES string of the molecule is CON/C(=N\S(=O)(=O)c1ccc(Cl)cc1)N1CC(c2cccc(F)c2)C(c2ccc(Cl)cc2)=N1. The van der Waals surface area contributed by atoms with Gasteiger partial charge in [0, 0.05) is 16.0 Å². The molecule has 0 aliphatic carbocycles. The van der Waals surface area contributed by atoms with Crippen molar-refractivity contribution in [2.24, 2.45) is 9.50 Å². The molecular weight excluding hydrogens is 502 g/mol. The molecule has 0 saturated heterocycles. The molecule has 0 spiro atoms. The van der Waals surface area contributed by atoms with Crippen molar-refractivity contribution in [3.63, 3.8) is 0 Å². The first-order valence-corrected chi connectivity index (χ1v) is 12.2. The molecule has 176 valence electrons. The average molecular weight is 521 g/mol. The number of rotatable bonds is 5. The zero-order chi connectivity index (χ0) is 24.3. The van der Waals surface area contributed by atoms with E-state index in [1.54, 1.807) is 36.4 Å². The van der Waals surface area contributed by atoms with Crippen LogP contribution >= 0.6 is 23.2 Å². The van der Waals surface area contributed by atoms with Crippen molar-refractivity contribution in [3.8, 4) is 0 Å². The number of hydroxylamine groups is 1. The lowest BCUT2D eigenvalue weighted by molar-refractivity contribution is 0.132. The highest BCUT2D eigenvalue weighted by molar-refractivity contribution is 7.90. The van der Waals surface area contributed by atoms with E-state index in [0.29, 0.717) is 21.3 Å². The third-order valence-electron chi connectivity index (χ3n) is 5.06. The van der Waals surface area contributed by atoms with E-state index >= 15 is 0 Å². The van der Waals surface area contributed by atoms with Crippen molar-refractivity contribution in [1.29, 1.82) is 0 Å². The zero-order valence-corrected chi connectivity index (χ0v) is 20.1. The molecule has 0 radical (unpaired) electrons. The molecule has 7 nitrogen and oxygen atoms in total. The summed E-state index contributed by atoms with van der Waals surface area (Å²) in [6.07, 6.45) is 0. The van der Waals surface area contributed by atoms with Crippen LogP contribution in [-0.4, -0.2) is 38.8 Å². The first-order chi connectivity index (χ1) is 16.3. The predicted molar refractivity (Wildman–Crippen MR) is 130 cm³/mol. The number of nitrogens with zero attached hydrogens (tertiary/aromatic N) is 3. The number of hydrogen-bond acceptors (Lipinski definition) is 4. The van der Waals surface area contributed by atoms with Crippen molar-refractivity contribution in [2.75, 3.05) is 13.7 Å². The Morgan fingerprint density at radius 1 is 1.09 bits per heavy atom. The Balaban J connectivity index is 1.76. The predicted octanol–water partition coefficient (Wildman–Crippen LogP) is 4.83. The van der Waals surface area contributed by atoms with Crippen LogP contribution in [-0.2, 0) is 14.9 Å². The van der Waals surface area contributed by atoms with Gasteiger partial charge in [0.15, 0.2) is 0 Å². The van der Waals surface area contributed by atoms with Gasteiger partial charge in [0.2, 0.25) is 0 Å². The number of halogens is 3. The second-order valence-corrected chi connectivity index (χ2v) is 9.81. The fraction of sp³-hybridized carbons (Fsp3) is 0.130. The Kier molecular flexibility index (Phi) is 7.18. The summed E-state index contributed by atoms with van der Waals surface area (Å²) in [6, 6.07) is 18.8. The molecule has 0 fully saturated rings. The Bertz CT molecular complexity index is 1350. The smallest absolute Gasteiger partial charge is 0.277 e. The van der Waals surface area contributed by atoms with Crippen LogP contribution in [0.2, 0.25) is 10.0 Å². The highest BCUT2D eigenvalue weighted by atomic mass is 35.5. The van der Waals surface area contributed by atoms with Crippen LogP contribution in [0.3, 0.4) is 0 Å². The second kappa shape index (κ2) is 10.1. The minimum absolute atomic E-state index is 0.0462. The average Bonchev–Trinajstić information content (AvgIpc) is 3.25. The summed E-state index contributed by atoms with van der Waals surface area (Å²) in [5, 5.41) is 6.93. The van der Waals surface area contributed by atoms with Gasteiger partial charge in [-0.2, -0.15) is 13.5 Å². The summed E-state index contributed by atoms with van der Waals surface area (Å²) < 4.78 is 43.7. The molecule has 11 heteroatoms. The quantitative estimate of drug-likeness (QED) is 0.296. The molecule has 1 aliphatic rings. The standard InChI is InChI=1S/C23H19Cl2FN4O3S/c1-33-28-23(29-34(31,32)20-11-9-18(25)10-12-20)30-14-21(16-3-2-4-19(26)13-16)22(27-30)15-5-7-17(24)8-6-15/h2-13,21H,14H2,1H3,(H,28,29). The van der Waals surface area contributed by atoms with Crippen molar-refractivity contribution in [2.45, 2.75) is 10.8 Å². The Morgan fingerprint density at radius 2 is 1.74 bits per heavy atom. The maximum Gasteiger partial charge on any atom is 0.285 e. The molecule has 1 heterocycles. The summed E-state index contributed by atoms with van der Waals surface area (Å²) in [5.74, 6) is -0.914. The molecule has 3 aromatic carbocycles. The van der Waals surface area contributed by atoms with Gasteiger partial charge in [-0.25, -0.2) is 14.9 Å². The molecule has 1 aliphatic heterocycles. The lowest BCUT2D eigenvalue weighted by Crippen LogP contribution is -2.38. The molecule has 3 aromatic rings. The third-order valence-corrected chi connectivity index (χ3v) is 6.85. The largest absolute Gasteiger partial charge is 0.285 e. The van der Waals surface area contributed by atoms with E-state index in [-0.39, 0.29) is 29.1 Å². The highest BCUT2D eigenvalue weighted by Crippen LogP contribution is 2.30. The fourth-order valence-corrected chi connectivity index (χ4v) is 4.68. The Morgan fingerprint density at radius 3 is 2.35 bits per heavy atom. The van der Waals surface area contributed by atoms with Crippen LogP contribution in [0.25, 0.3) is 0 Å². The van der Waals surface area contributed by atoms with Gasteiger partial charge in [-0.15, -0.1) is 4.40 Å². The number of benzene rings is 3. The summed E-state index contributed by atoms with van der Waals surface area (Å²) in [4.78, 5) is 4.93. The van der Waals surface area contributed by atoms with Crippen molar-refractivity contribution >= 4 is 44.9 Å². The minimum atomic E-state index is -4.11.